The number of benzene rings is 2. The number of ether oxygens (including phenoxy) is 2. The molecule has 0 radical (unpaired) electrons. The second-order valence-corrected chi connectivity index (χ2v) is 7.87. The van der Waals surface area contributed by atoms with Gasteiger partial charge < -0.3 is 19.3 Å². The van der Waals surface area contributed by atoms with Crippen molar-refractivity contribution in [2.45, 2.75) is 12.5 Å². The number of hydrogen-bond donors (Lipinski definition) is 1. The molecule has 1 atom stereocenters. The number of quaternary nitrogens is 1. The van der Waals surface area contributed by atoms with Crippen molar-refractivity contribution in [3.63, 3.8) is 0 Å². The highest BCUT2D eigenvalue weighted by Crippen LogP contribution is 2.33. The molecule has 0 bridgehead atoms. The Labute approximate surface area is 180 Å². The first kappa shape index (κ1) is 20.5. The smallest absolute Gasteiger partial charge is 0.292 e. The van der Waals surface area contributed by atoms with Gasteiger partial charge in [-0.05, 0) is 24.3 Å². The maximum atomic E-state index is 13.2. The SMILES string of the molecule is COc1ccc(N2C(=O)C[C@H]([NH+]3CCN(c4ccccc4Cl)CC3)C2=O)cc1OC. The van der Waals surface area contributed by atoms with Gasteiger partial charge in [-0.2, -0.15) is 0 Å². The first-order valence-corrected chi connectivity index (χ1v) is 10.3. The molecule has 0 saturated carbocycles. The van der Waals surface area contributed by atoms with Gasteiger partial charge in [0.1, 0.15) is 0 Å². The van der Waals surface area contributed by atoms with Crippen LogP contribution in [-0.2, 0) is 9.59 Å². The molecule has 8 heteroatoms. The first-order valence-electron chi connectivity index (χ1n) is 9.96. The Bertz CT molecular complexity index is 959. The standard InChI is InChI=1S/C22H24ClN3O4/c1-29-19-8-7-15(13-20(19)30-2)26-21(27)14-18(22(26)28)25-11-9-24(10-12-25)17-6-4-3-5-16(17)23/h3-8,13,18H,9-12,14H2,1-2H3/p+1/t18-/m0/s1. The van der Waals surface area contributed by atoms with Crippen LogP contribution in [0.3, 0.4) is 0 Å². The normalized spacial score (nSPS) is 20.0. The quantitative estimate of drug-likeness (QED) is 0.726. The summed E-state index contributed by atoms with van der Waals surface area (Å²) in [6, 6.07) is 12.5. The summed E-state index contributed by atoms with van der Waals surface area (Å²) >= 11 is 6.32. The lowest BCUT2D eigenvalue weighted by atomic mass is 10.1. The molecule has 0 spiro atoms. The van der Waals surface area contributed by atoms with Gasteiger partial charge in [-0.15, -0.1) is 0 Å². The Hall–Kier alpha value is -2.77. The third-order valence-corrected chi connectivity index (χ3v) is 6.18. The Balaban J connectivity index is 1.47. The van der Waals surface area contributed by atoms with Crippen molar-refractivity contribution in [1.82, 2.24) is 0 Å². The maximum absolute atomic E-state index is 13.2. The summed E-state index contributed by atoms with van der Waals surface area (Å²) in [5.74, 6) is 0.699. The number of nitrogens with zero attached hydrogens (tertiary/aromatic N) is 2. The van der Waals surface area contributed by atoms with E-state index >= 15 is 0 Å². The molecule has 2 heterocycles. The Morgan fingerprint density at radius 3 is 2.37 bits per heavy atom. The topological polar surface area (TPSA) is 63.5 Å². The number of halogens is 1. The average Bonchev–Trinajstić information content (AvgIpc) is 3.07. The summed E-state index contributed by atoms with van der Waals surface area (Å²) in [5.41, 5.74) is 1.53. The van der Waals surface area contributed by atoms with Gasteiger partial charge in [-0.1, -0.05) is 23.7 Å². The molecule has 0 aromatic heterocycles. The van der Waals surface area contributed by atoms with Crippen molar-refractivity contribution in [2.24, 2.45) is 0 Å². The second-order valence-electron chi connectivity index (χ2n) is 7.46. The molecule has 2 aromatic carbocycles. The van der Waals surface area contributed by atoms with Crippen LogP contribution in [0.2, 0.25) is 5.02 Å². The molecule has 2 aromatic rings. The number of amides is 2. The van der Waals surface area contributed by atoms with Crippen LogP contribution in [0.25, 0.3) is 0 Å². The number of para-hydroxylation sites is 1. The summed E-state index contributed by atoms with van der Waals surface area (Å²) < 4.78 is 10.6. The van der Waals surface area contributed by atoms with E-state index < -0.39 is 0 Å². The fourth-order valence-electron chi connectivity index (χ4n) is 4.28. The van der Waals surface area contributed by atoms with E-state index in [-0.39, 0.29) is 24.3 Å². The van der Waals surface area contributed by atoms with Gasteiger partial charge in [-0.25, -0.2) is 4.90 Å². The van der Waals surface area contributed by atoms with Crippen molar-refractivity contribution in [3.05, 3.63) is 47.5 Å². The molecule has 2 saturated heterocycles. The van der Waals surface area contributed by atoms with E-state index in [1.807, 2.05) is 24.3 Å². The zero-order valence-corrected chi connectivity index (χ0v) is 17.8. The van der Waals surface area contributed by atoms with Crippen molar-refractivity contribution in [2.75, 3.05) is 50.2 Å². The van der Waals surface area contributed by atoms with Crippen LogP contribution in [0.15, 0.2) is 42.5 Å². The van der Waals surface area contributed by atoms with E-state index in [2.05, 4.69) is 4.90 Å². The zero-order valence-electron chi connectivity index (χ0n) is 17.1. The molecule has 158 valence electrons. The predicted octanol–water partition coefficient (Wildman–Crippen LogP) is 1.39. The molecule has 4 rings (SSSR count). The molecular formula is C22H25ClN3O4+. The number of anilines is 2. The number of carbonyl (C=O) groups excluding carboxylic acids is 2. The van der Waals surface area contributed by atoms with Crippen LogP contribution in [0.5, 0.6) is 11.5 Å². The fraction of sp³-hybridized carbons (Fsp3) is 0.364. The van der Waals surface area contributed by atoms with Crippen LogP contribution >= 0.6 is 11.6 Å². The van der Waals surface area contributed by atoms with Crippen molar-refractivity contribution >= 4 is 34.8 Å². The molecule has 2 amide bonds. The Kier molecular flexibility index (Phi) is 5.83. The second kappa shape index (κ2) is 8.53. The zero-order chi connectivity index (χ0) is 21.3. The lowest BCUT2D eigenvalue weighted by Crippen LogP contribution is -3.19. The molecule has 2 aliphatic rings. The van der Waals surface area contributed by atoms with Gasteiger partial charge >= 0.3 is 0 Å². The molecule has 2 fully saturated rings. The van der Waals surface area contributed by atoms with Gasteiger partial charge in [0.25, 0.3) is 5.91 Å². The maximum Gasteiger partial charge on any atom is 0.292 e. The minimum absolute atomic E-state index is 0.159. The van der Waals surface area contributed by atoms with E-state index in [0.29, 0.717) is 17.2 Å². The van der Waals surface area contributed by atoms with Crippen LogP contribution < -0.4 is 24.2 Å². The molecular weight excluding hydrogens is 406 g/mol. The number of piperazine rings is 1. The van der Waals surface area contributed by atoms with Crippen LogP contribution in [0, 0.1) is 0 Å². The molecule has 30 heavy (non-hydrogen) atoms. The molecule has 0 aliphatic carbocycles. The number of rotatable bonds is 5. The van der Waals surface area contributed by atoms with Gasteiger partial charge in [0, 0.05) is 6.07 Å². The number of methoxy groups -OCH3 is 2. The minimum atomic E-state index is -0.362. The Morgan fingerprint density at radius 2 is 1.70 bits per heavy atom. The van der Waals surface area contributed by atoms with Gasteiger partial charge in [0.2, 0.25) is 5.91 Å². The fourth-order valence-corrected chi connectivity index (χ4v) is 4.53. The molecule has 7 nitrogen and oxygen atoms in total. The largest absolute Gasteiger partial charge is 0.493 e. The van der Waals surface area contributed by atoms with Crippen LogP contribution in [-0.4, -0.2) is 58.3 Å². The third kappa shape index (κ3) is 3.70. The van der Waals surface area contributed by atoms with Crippen molar-refractivity contribution in [3.8, 4) is 11.5 Å². The van der Waals surface area contributed by atoms with Gasteiger partial charge in [-0.3, -0.25) is 9.59 Å². The van der Waals surface area contributed by atoms with Gasteiger partial charge in [0.05, 0.1) is 63.2 Å². The summed E-state index contributed by atoms with van der Waals surface area (Å²) in [6.07, 6.45) is 0.217. The van der Waals surface area contributed by atoms with E-state index in [1.165, 1.54) is 12.0 Å². The van der Waals surface area contributed by atoms with E-state index in [4.69, 9.17) is 21.1 Å². The van der Waals surface area contributed by atoms with E-state index in [9.17, 15) is 9.59 Å². The third-order valence-electron chi connectivity index (χ3n) is 5.86. The van der Waals surface area contributed by atoms with Crippen molar-refractivity contribution < 1.29 is 24.0 Å². The predicted molar refractivity (Wildman–Crippen MR) is 115 cm³/mol. The summed E-state index contributed by atoms with van der Waals surface area (Å²) in [6.45, 7) is 3.12. The monoisotopic (exact) mass is 430 g/mol. The average molecular weight is 431 g/mol. The molecule has 0 unspecified atom stereocenters. The first-order chi connectivity index (χ1) is 14.5. The minimum Gasteiger partial charge on any atom is -0.493 e. The highest BCUT2D eigenvalue weighted by Gasteiger charge is 2.46. The van der Waals surface area contributed by atoms with Crippen LogP contribution in [0.1, 0.15) is 6.42 Å². The number of hydrogen-bond acceptors (Lipinski definition) is 5. The van der Waals surface area contributed by atoms with Gasteiger partial charge in [0.15, 0.2) is 17.5 Å². The number of nitrogens with one attached hydrogen (secondary N) is 1. The lowest BCUT2D eigenvalue weighted by Gasteiger charge is -2.36. The van der Waals surface area contributed by atoms with E-state index in [1.54, 1.807) is 25.3 Å². The Morgan fingerprint density at radius 1 is 1.00 bits per heavy atom. The number of carbonyl (C=O) groups is 2. The van der Waals surface area contributed by atoms with Crippen LogP contribution in [0.4, 0.5) is 11.4 Å². The summed E-state index contributed by atoms with van der Waals surface area (Å²) in [5, 5.41) is 0.729. The van der Waals surface area contributed by atoms with Crippen molar-refractivity contribution in [1.29, 1.82) is 0 Å². The number of imide groups is 1. The summed E-state index contributed by atoms with van der Waals surface area (Å²) in [4.78, 5) is 30.5. The molecule has 2 aliphatic heterocycles. The summed E-state index contributed by atoms with van der Waals surface area (Å²) in [7, 11) is 3.08. The lowest BCUT2D eigenvalue weighted by molar-refractivity contribution is -0.915. The van der Waals surface area contributed by atoms with E-state index in [0.717, 1.165) is 41.8 Å². The highest BCUT2D eigenvalue weighted by molar-refractivity contribution is 6.33. The molecule has 1 N–H and O–H groups in total. The highest BCUT2D eigenvalue weighted by atomic mass is 35.5.